The Kier molecular flexibility index (Phi) is 4.04. The molecule has 3 rings (SSSR count). The third kappa shape index (κ3) is 3.21. The summed E-state index contributed by atoms with van der Waals surface area (Å²) in [5.74, 6) is 0.894. The van der Waals surface area contributed by atoms with Gasteiger partial charge in [0.2, 0.25) is 0 Å². The fourth-order valence-electron chi connectivity index (χ4n) is 2.42. The number of ether oxygens (including phenoxy) is 1. The molecule has 1 aromatic heterocycles. The van der Waals surface area contributed by atoms with Crippen LogP contribution in [0.5, 0.6) is 0 Å². The maximum atomic E-state index is 5.37. The predicted molar refractivity (Wildman–Crippen MR) is 78.3 cm³/mol. The number of hydrogen-bond acceptors (Lipinski definition) is 4. The first-order chi connectivity index (χ1) is 9.81. The summed E-state index contributed by atoms with van der Waals surface area (Å²) in [6.07, 6.45) is 0. The second-order valence-electron chi connectivity index (χ2n) is 5.07. The van der Waals surface area contributed by atoms with Crippen LogP contribution < -0.4 is 0 Å². The average Bonchev–Trinajstić information content (AvgIpc) is 2.49. The number of hydrogen-bond donors (Lipinski definition) is 0. The Morgan fingerprint density at radius 1 is 1.10 bits per heavy atom. The van der Waals surface area contributed by atoms with E-state index < -0.39 is 0 Å². The van der Waals surface area contributed by atoms with Crippen molar-refractivity contribution in [2.75, 3.05) is 26.3 Å². The normalized spacial score (nSPS) is 16.2. The van der Waals surface area contributed by atoms with Gasteiger partial charge in [-0.05, 0) is 13.0 Å². The first kappa shape index (κ1) is 13.2. The van der Waals surface area contributed by atoms with Crippen molar-refractivity contribution in [3.05, 3.63) is 47.9 Å². The molecule has 0 saturated carbocycles. The molecule has 0 unspecified atom stereocenters. The topological polar surface area (TPSA) is 38.2 Å². The lowest BCUT2D eigenvalue weighted by Crippen LogP contribution is -2.36. The van der Waals surface area contributed by atoms with Gasteiger partial charge in [0, 0.05) is 24.3 Å². The van der Waals surface area contributed by atoms with Gasteiger partial charge in [0.1, 0.15) is 5.82 Å². The van der Waals surface area contributed by atoms with Gasteiger partial charge in [0.25, 0.3) is 0 Å². The van der Waals surface area contributed by atoms with Gasteiger partial charge in [0.15, 0.2) is 0 Å². The Balaban J connectivity index is 1.83. The first-order valence-corrected chi connectivity index (χ1v) is 7.01. The van der Waals surface area contributed by atoms with Gasteiger partial charge in [-0.1, -0.05) is 30.3 Å². The van der Waals surface area contributed by atoms with Crippen molar-refractivity contribution in [3.63, 3.8) is 0 Å². The molecule has 0 aliphatic carbocycles. The Morgan fingerprint density at radius 2 is 1.85 bits per heavy atom. The van der Waals surface area contributed by atoms with E-state index in [0.29, 0.717) is 0 Å². The summed E-state index contributed by atoms with van der Waals surface area (Å²) in [5, 5.41) is 0. The van der Waals surface area contributed by atoms with Crippen LogP contribution in [0.15, 0.2) is 36.4 Å². The smallest absolute Gasteiger partial charge is 0.143 e. The Labute approximate surface area is 119 Å². The molecular weight excluding hydrogens is 250 g/mol. The minimum Gasteiger partial charge on any atom is -0.379 e. The summed E-state index contributed by atoms with van der Waals surface area (Å²) in [7, 11) is 0. The molecule has 0 N–H and O–H groups in total. The van der Waals surface area contributed by atoms with Crippen LogP contribution in [0.25, 0.3) is 11.3 Å². The SMILES string of the molecule is Cc1cc(-c2ccccc2)nc(CN2CCOCC2)n1. The van der Waals surface area contributed by atoms with Gasteiger partial charge in [-0.2, -0.15) is 0 Å². The Hall–Kier alpha value is -1.78. The highest BCUT2D eigenvalue weighted by Gasteiger charge is 2.13. The molecule has 0 amide bonds. The monoisotopic (exact) mass is 269 g/mol. The van der Waals surface area contributed by atoms with Gasteiger partial charge < -0.3 is 4.74 Å². The summed E-state index contributed by atoms with van der Waals surface area (Å²) in [5.41, 5.74) is 3.16. The molecule has 1 saturated heterocycles. The van der Waals surface area contributed by atoms with Crippen molar-refractivity contribution in [2.24, 2.45) is 0 Å². The van der Waals surface area contributed by atoms with Crippen LogP contribution in [-0.2, 0) is 11.3 Å². The zero-order valence-corrected chi connectivity index (χ0v) is 11.7. The van der Waals surface area contributed by atoms with Crippen molar-refractivity contribution < 1.29 is 4.74 Å². The third-order valence-corrected chi connectivity index (χ3v) is 3.44. The molecule has 4 nitrogen and oxygen atoms in total. The molecule has 1 fully saturated rings. The third-order valence-electron chi connectivity index (χ3n) is 3.44. The van der Waals surface area contributed by atoms with Crippen molar-refractivity contribution in [3.8, 4) is 11.3 Å². The molecule has 1 aliphatic rings. The minimum absolute atomic E-state index is 0.797. The molecule has 0 bridgehead atoms. The van der Waals surface area contributed by atoms with E-state index in [1.807, 2.05) is 31.2 Å². The molecule has 0 atom stereocenters. The number of nitrogens with zero attached hydrogens (tertiary/aromatic N) is 3. The fraction of sp³-hybridized carbons (Fsp3) is 0.375. The van der Waals surface area contributed by atoms with Crippen LogP contribution in [0.3, 0.4) is 0 Å². The second-order valence-corrected chi connectivity index (χ2v) is 5.07. The molecule has 0 spiro atoms. The van der Waals surface area contributed by atoms with Crippen molar-refractivity contribution >= 4 is 0 Å². The summed E-state index contributed by atoms with van der Waals surface area (Å²) >= 11 is 0. The Morgan fingerprint density at radius 3 is 2.60 bits per heavy atom. The summed E-state index contributed by atoms with van der Waals surface area (Å²) in [6, 6.07) is 12.3. The molecule has 20 heavy (non-hydrogen) atoms. The fourth-order valence-corrected chi connectivity index (χ4v) is 2.42. The standard InChI is InChI=1S/C16H19N3O/c1-13-11-15(14-5-3-2-4-6-14)18-16(17-13)12-19-7-9-20-10-8-19/h2-6,11H,7-10,12H2,1H3. The van der Waals surface area contributed by atoms with E-state index >= 15 is 0 Å². The van der Waals surface area contributed by atoms with Gasteiger partial charge in [-0.3, -0.25) is 4.90 Å². The summed E-state index contributed by atoms with van der Waals surface area (Å²) in [6.45, 7) is 6.34. The molecular formula is C16H19N3O. The molecule has 104 valence electrons. The summed E-state index contributed by atoms with van der Waals surface area (Å²) in [4.78, 5) is 11.6. The maximum absolute atomic E-state index is 5.37. The molecule has 4 heteroatoms. The van der Waals surface area contributed by atoms with E-state index in [-0.39, 0.29) is 0 Å². The van der Waals surface area contributed by atoms with E-state index in [4.69, 9.17) is 9.72 Å². The lowest BCUT2D eigenvalue weighted by molar-refractivity contribution is 0.0330. The molecule has 0 radical (unpaired) electrons. The molecule has 2 heterocycles. The lowest BCUT2D eigenvalue weighted by atomic mass is 10.1. The van der Waals surface area contributed by atoms with Crippen LogP contribution in [0, 0.1) is 6.92 Å². The van der Waals surface area contributed by atoms with Gasteiger partial charge in [-0.25, -0.2) is 9.97 Å². The van der Waals surface area contributed by atoms with Crippen molar-refractivity contribution in [1.29, 1.82) is 0 Å². The molecule has 1 aliphatic heterocycles. The van der Waals surface area contributed by atoms with E-state index in [1.54, 1.807) is 0 Å². The van der Waals surface area contributed by atoms with Gasteiger partial charge >= 0.3 is 0 Å². The first-order valence-electron chi connectivity index (χ1n) is 7.01. The quantitative estimate of drug-likeness (QED) is 0.857. The van der Waals surface area contributed by atoms with Crippen LogP contribution in [0.1, 0.15) is 11.5 Å². The zero-order valence-electron chi connectivity index (χ0n) is 11.7. The number of aromatic nitrogens is 2. The van der Waals surface area contributed by atoms with E-state index in [0.717, 1.165) is 55.6 Å². The lowest BCUT2D eigenvalue weighted by Gasteiger charge is -2.25. The number of benzene rings is 1. The number of rotatable bonds is 3. The highest BCUT2D eigenvalue weighted by molar-refractivity contribution is 5.58. The molecule has 2 aromatic rings. The Bertz CT molecular complexity index is 565. The van der Waals surface area contributed by atoms with Crippen molar-refractivity contribution in [2.45, 2.75) is 13.5 Å². The largest absolute Gasteiger partial charge is 0.379 e. The zero-order chi connectivity index (χ0) is 13.8. The van der Waals surface area contributed by atoms with Crippen molar-refractivity contribution in [1.82, 2.24) is 14.9 Å². The predicted octanol–water partition coefficient (Wildman–Crippen LogP) is 2.28. The van der Waals surface area contributed by atoms with Crippen LogP contribution >= 0.6 is 0 Å². The van der Waals surface area contributed by atoms with Gasteiger partial charge in [0.05, 0.1) is 25.5 Å². The van der Waals surface area contributed by atoms with Gasteiger partial charge in [-0.15, -0.1) is 0 Å². The van der Waals surface area contributed by atoms with E-state index in [2.05, 4.69) is 22.0 Å². The van der Waals surface area contributed by atoms with Crippen LogP contribution in [-0.4, -0.2) is 41.2 Å². The molecule has 1 aromatic carbocycles. The van der Waals surface area contributed by atoms with Crippen LogP contribution in [0.2, 0.25) is 0 Å². The summed E-state index contributed by atoms with van der Waals surface area (Å²) < 4.78 is 5.37. The highest BCUT2D eigenvalue weighted by Crippen LogP contribution is 2.17. The highest BCUT2D eigenvalue weighted by atomic mass is 16.5. The minimum atomic E-state index is 0.797. The van der Waals surface area contributed by atoms with E-state index in [1.165, 1.54) is 0 Å². The van der Waals surface area contributed by atoms with Crippen LogP contribution in [0.4, 0.5) is 0 Å². The number of morpholine rings is 1. The maximum Gasteiger partial charge on any atom is 0.143 e. The number of aryl methyl sites for hydroxylation is 1. The average molecular weight is 269 g/mol. The second kappa shape index (κ2) is 6.11. The van der Waals surface area contributed by atoms with E-state index in [9.17, 15) is 0 Å².